The van der Waals surface area contributed by atoms with Crippen molar-refractivity contribution in [3.63, 3.8) is 0 Å². The fraction of sp³-hybridized carbons (Fsp3) is 0.263. The number of carboxylic acid groups (broad SMARTS) is 1. The molecule has 2 aromatic rings. The summed E-state index contributed by atoms with van der Waals surface area (Å²) in [7, 11) is 0. The monoisotopic (exact) mass is 345 g/mol. The maximum absolute atomic E-state index is 12.8. The summed E-state index contributed by atoms with van der Waals surface area (Å²) in [6, 6.07) is 16.1. The molecule has 0 aliphatic carbocycles. The zero-order valence-corrected chi connectivity index (χ0v) is 14.2. The summed E-state index contributed by atoms with van der Waals surface area (Å²) in [5, 5.41) is 9.89. The van der Waals surface area contributed by atoms with Gasteiger partial charge in [-0.05, 0) is 30.2 Å². The topological polar surface area (TPSA) is 57.6 Å². The molecule has 4 nitrogen and oxygen atoms in total. The molecule has 24 heavy (non-hydrogen) atoms. The first-order valence-corrected chi connectivity index (χ1v) is 8.21. The van der Waals surface area contributed by atoms with Crippen molar-refractivity contribution in [2.24, 2.45) is 5.92 Å². The number of carbonyl (C=O) groups excluding carboxylic acids is 1. The van der Waals surface area contributed by atoms with E-state index in [1.807, 2.05) is 24.3 Å². The van der Waals surface area contributed by atoms with Crippen LogP contribution in [0.4, 0.5) is 0 Å². The lowest BCUT2D eigenvalue weighted by atomic mass is 10.0. The molecule has 1 unspecified atom stereocenters. The second-order valence-electron chi connectivity index (χ2n) is 5.59. The van der Waals surface area contributed by atoms with Crippen LogP contribution >= 0.6 is 11.6 Å². The van der Waals surface area contributed by atoms with E-state index >= 15 is 0 Å². The van der Waals surface area contributed by atoms with E-state index in [0.717, 1.165) is 5.56 Å². The molecular weight excluding hydrogens is 326 g/mol. The van der Waals surface area contributed by atoms with Crippen molar-refractivity contribution in [1.29, 1.82) is 0 Å². The van der Waals surface area contributed by atoms with Gasteiger partial charge in [-0.3, -0.25) is 9.59 Å². The second kappa shape index (κ2) is 8.50. The van der Waals surface area contributed by atoms with Crippen molar-refractivity contribution < 1.29 is 14.7 Å². The zero-order chi connectivity index (χ0) is 17.5. The van der Waals surface area contributed by atoms with Gasteiger partial charge in [-0.2, -0.15) is 0 Å². The summed E-state index contributed by atoms with van der Waals surface area (Å²) < 4.78 is 0. The number of carbonyl (C=O) groups is 2. The van der Waals surface area contributed by atoms with Gasteiger partial charge in [-0.15, -0.1) is 0 Å². The summed E-state index contributed by atoms with van der Waals surface area (Å²) in [5.41, 5.74) is 1.33. The summed E-state index contributed by atoms with van der Waals surface area (Å²) in [4.78, 5) is 25.8. The standard InChI is InChI=1S/C19H20ClNO3/c1-2-14(19(23)24)12-21(13-16-10-6-7-11-17(16)20)18(22)15-8-4-3-5-9-15/h3-11,14H,2,12-13H2,1H3,(H,23,24). The molecule has 5 heteroatoms. The third-order valence-electron chi connectivity index (χ3n) is 3.91. The van der Waals surface area contributed by atoms with Gasteiger partial charge in [0.25, 0.3) is 5.91 Å². The van der Waals surface area contributed by atoms with Crippen LogP contribution in [0.1, 0.15) is 29.3 Å². The van der Waals surface area contributed by atoms with Crippen LogP contribution in [0.25, 0.3) is 0 Å². The van der Waals surface area contributed by atoms with Gasteiger partial charge in [-0.1, -0.05) is 54.9 Å². The Morgan fingerprint density at radius 1 is 1.08 bits per heavy atom. The molecule has 0 saturated carbocycles. The lowest BCUT2D eigenvalue weighted by Crippen LogP contribution is -2.37. The highest BCUT2D eigenvalue weighted by Gasteiger charge is 2.24. The number of nitrogens with zero attached hydrogens (tertiary/aromatic N) is 1. The first-order valence-electron chi connectivity index (χ1n) is 7.83. The number of aliphatic carboxylic acids is 1. The molecule has 0 aromatic heterocycles. The van der Waals surface area contributed by atoms with Crippen LogP contribution in [0.2, 0.25) is 5.02 Å². The van der Waals surface area contributed by atoms with E-state index < -0.39 is 11.9 Å². The second-order valence-corrected chi connectivity index (χ2v) is 5.99. The molecular formula is C19H20ClNO3. The van der Waals surface area contributed by atoms with E-state index in [0.29, 0.717) is 17.0 Å². The molecule has 0 aliphatic heterocycles. The van der Waals surface area contributed by atoms with E-state index in [-0.39, 0.29) is 19.0 Å². The summed E-state index contributed by atoms with van der Waals surface area (Å²) in [6.45, 7) is 2.22. The van der Waals surface area contributed by atoms with Crippen LogP contribution in [0.5, 0.6) is 0 Å². The molecule has 1 amide bonds. The van der Waals surface area contributed by atoms with E-state index in [2.05, 4.69) is 0 Å². The normalized spacial score (nSPS) is 11.8. The average Bonchev–Trinajstić information content (AvgIpc) is 2.60. The van der Waals surface area contributed by atoms with Crippen LogP contribution in [0.3, 0.4) is 0 Å². The number of carboxylic acids is 1. The third-order valence-corrected chi connectivity index (χ3v) is 4.28. The third kappa shape index (κ3) is 4.59. The Kier molecular flexibility index (Phi) is 6.38. The van der Waals surface area contributed by atoms with Crippen molar-refractivity contribution in [3.05, 3.63) is 70.7 Å². The highest BCUT2D eigenvalue weighted by Crippen LogP contribution is 2.20. The molecule has 2 rings (SSSR count). The SMILES string of the molecule is CCC(CN(Cc1ccccc1Cl)C(=O)c1ccccc1)C(=O)O. The quantitative estimate of drug-likeness (QED) is 0.822. The number of amides is 1. The molecule has 0 spiro atoms. The Bertz CT molecular complexity index is 703. The van der Waals surface area contributed by atoms with E-state index in [1.54, 1.807) is 42.2 Å². The molecule has 0 radical (unpaired) electrons. The maximum Gasteiger partial charge on any atom is 0.308 e. The van der Waals surface area contributed by atoms with Crippen LogP contribution in [0.15, 0.2) is 54.6 Å². The summed E-state index contributed by atoms with van der Waals surface area (Å²) >= 11 is 6.20. The van der Waals surface area contributed by atoms with Crippen LogP contribution in [0, 0.1) is 5.92 Å². The van der Waals surface area contributed by atoms with E-state index in [4.69, 9.17) is 11.6 Å². The minimum Gasteiger partial charge on any atom is -0.481 e. The van der Waals surface area contributed by atoms with Gasteiger partial charge in [0.2, 0.25) is 0 Å². The molecule has 2 aromatic carbocycles. The number of rotatable bonds is 7. The van der Waals surface area contributed by atoms with Gasteiger partial charge < -0.3 is 10.0 Å². The Morgan fingerprint density at radius 2 is 1.71 bits per heavy atom. The van der Waals surface area contributed by atoms with Gasteiger partial charge in [0.05, 0.1) is 5.92 Å². The fourth-order valence-corrected chi connectivity index (χ4v) is 2.66. The number of halogens is 1. The largest absolute Gasteiger partial charge is 0.481 e. The summed E-state index contributed by atoms with van der Waals surface area (Å²) in [6.07, 6.45) is 0.455. The van der Waals surface area contributed by atoms with Crippen molar-refractivity contribution in [3.8, 4) is 0 Å². The molecule has 126 valence electrons. The van der Waals surface area contributed by atoms with Crippen molar-refractivity contribution >= 4 is 23.5 Å². The van der Waals surface area contributed by atoms with Crippen LogP contribution in [-0.4, -0.2) is 28.4 Å². The van der Waals surface area contributed by atoms with Crippen molar-refractivity contribution in [2.75, 3.05) is 6.54 Å². The van der Waals surface area contributed by atoms with Crippen LogP contribution in [-0.2, 0) is 11.3 Å². The van der Waals surface area contributed by atoms with Gasteiger partial charge in [0, 0.05) is 23.7 Å². The van der Waals surface area contributed by atoms with Gasteiger partial charge in [0.15, 0.2) is 0 Å². The highest BCUT2D eigenvalue weighted by atomic mass is 35.5. The van der Waals surface area contributed by atoms with E-state index in [9.17, 15) is 14.7 Å². The molecule has 0 saturated heterocycles. The average molecular weight is 346 g/mol. The van der Waals surface area contributed by atoms with Gasteiger partial charge in [-0.25, -0.2) is 0 Å². The Labute approximate surface area is 146 Å². The van der Waals surface area contributed by atoms with Crippen LogP contribution < -0.4 is 0 Å². The first kappa shape index (κ1) is 18.0. The first-order chi connectivity index (χ1) is 11.5. The molecule has 1 atom stereocenters. The zero-order valence-electron chi connectivity index (χ0n) is 13.5. The van der Waals surface area contributed by atoms with E-state index in [1.165, 1.54) is 0 Å². The lowest BCUT2D eigenvalue weighted by Gasteiger charge is -2.26. The lowest BCUT2D eigenvalue weighted by molar-refractivity contribution is -0.142. The molecule has 0 heterocycles. The molecule has 0 aliphatic rings. The maximum atomic E-state index is 12.8. The van der Waals surface area contributed by atoms with Crippen molar-refractivity contribution in [2.45, 2.75) is 19.9 Å². The summed E-state index contributed by atoms with van der Waals surface area (Å²) in [5.74, 6) is -1.71. The predicted molar refractivity (Wildman–Crippen MR) is 94.1 cm³/mol. The minimum atomic E-state index is -0.900. The highest BCUT2D eigenvalue weighted by molar-refractivity contribution is 6.31. The fourth-order valence-electron chi connectivity index (χ4n) is 2.46. The Balaban J connectivity index is 2.28. The Hall–Kier alpha value is -2.33. The van der Waals surface area contributed by atoms with Gasteiger partial charge >= 0.3 is 5.97 Å². The van der Waals surface area contributed by atoms with Crippen molar-refractivity contribution in [1.82, 2.24) is 4.90 Å². The number of benzene rings is 2. The molecule has 0 bridgehead atoms. The van der Waals surface area contributed by atoms with Gasteiger partial charge in [0.1, 0.15) is 0 Å². The molecule has 0 fully saturated rings. The smallest absolute Gasteiger partial charge is 0.308 e. The predicted octanol–water partition coefficient (Wildman–Crippen LogP) is 4.09. The minimum absolute atomic E-state index is 0.144. The molecule has 1 N–H and O–H groups in total. The number of hydrogen-bond donors (Lipinski definition) is 1. The number of hydrogen-bond acceptors (Lipinski definition) is 2. The Morgan fingerprint density at radius 3 is 2.29 bits per heavy atom.